The van der Waals surface area contributed by atoms with Gasteiger partial charge in [-0.1, -0.05) is 0 Å². The fraction of sp³-hybridized carbons (Fsp3) is 0.364. The van der Waals surface area contributed by atoms with Crippen molar-refractivity contribution in [2.45, 2.75) is 6.10 Å². The van der Waals surface area contributed by atoms with E-state index in [4.69, 9.17) is 14.9 Å². The average Bonchev–Trinajstić information content (AvgIpc) is 2.33. The summed E-state index contributed by atoms with van der Waals surface area (Å²) in [6, 6.07) is 4.94. The molecule has 6 heteroatoms. The number of aliphatic hydroxyl groups excluding tert-OH is 1. The van der Waals surface area contributed by atoms with Crippen molar-refractivity contribution in [1.29, 1.82) is 0 Å². The van der Waals surface area contributed by atoms with Gasteiger partial charge in [-0.15, -0.1) is 0 Å². The van der Waals surface area contributed by atoms with Crippen LogP contribution in [0.5, 0.6) is 5.75 Å². The zero-order chi connectivity index (χ0) is 12.4. The van der Waals surface area contributed by atoms with Gasteiger partial charge in [-0.2, -0.15) is 0 Å². The Hall–Kier alpha value is -1.53. The van der Waals surface area contributed by atoms with E-state index in [-0.39, 0.29) is 13.4 Å². The number of likely N-dealkylation sites (tertiary alicyclic amines) is 1. The Balaban J connectivity index is 2.18. The number of benzene rings is 1. The Morgan fingerprint density at radius 3 is 2.76 bits per heavy atom. The number of β-amino-alcohol motifs (C(OH)–C–C–N with tert-alkyl or cyclic N) is 1. The molecule has 5 nitrogen and oxygen atoms in total. The first-order valence-electron chi connectivity index (χ1n) is 5.41. The molecule has 1 aliphatic rings. The lowest BCUT2D eigenvalue weighted by molar-refractivity contribution is 0.00590. The number of hydrogen-bond donors (Lipinski definition) is 2. The average molecular weight is 235 g/mol. The Morgan fingerprint density at radius 1 is 1.53 bits per heavy atom. The first kappa shape index (κ1) is 11.9. The Labute approximate surface area is 99.9 Å². The monoisotopic (exact) mass is 235 g/mol. The molecule has 0 unspecified atom stereocenters. The third-order valence-corrected chi connectivity index (χ3v) is 2.85. The summed E-state index contributed by atoms with van der Waals surface area (Å²) in [6.07, 6.45) is -0.408. The highest BCUT2D eigenvalue weighted by atomic mass is 16.5. The van der Waals surface area contributed by atoms with Crippen LogP contribution in [0.15, 0.2) is 18.2 Å². The number of nitrogens with zero attached hydrogens (tertiary/aromatic N) is 1. The maximum Gasteiger partial charge on any atom is 0.308 e. The Morgan fingerprint density at radius 2 is 2.24 bits per heavy atom. The third kappa shape index (κ3) is 2.27. The van der Waals surface area contributed by atoms with Crippen LogP contribution in [0.4, 0.5) is 0 Å². The van der Waals surface area contributed by atoms with Crippen LogP contribution in [0.3, 0.4) is 0 Å². The van der Waals surface area contributed by atoms with Crippen LogP contribution in [-0.2, 0) is 0 Å². The number of hydrogen-bond acceptors (Lipinski definition) is 4. The number of carbonyl (C=O) groups is 1. The van der Waals surface area contributed by atoms with Crippen molar-refractivity contribution in [3.05, 3.63) is 23.8 Å². The molecule has 1 aromatic carbocycles. The van der Waals surface area contributed by atoms with Gasteiger partial charge in [0.05, 0.1) is 13.2 Å². The summed E-state index contributed by atoms with van der Waals surface area (Å²) in [5.74, 6) is 0.431. The van der Waals surface area contributed by atoms with Crippen molar-refractivity contribution in [1.82, 2.24) is 4.90 Å². The highest BCUT2D eigenvalue weighted by molar-refractivity contribution is 6.47. The molecule has 0 radical (unpaired) electrons. The van der Waals surface area contributed by atoms with Crippen LogP contribution in [0.2, 0.25) is 0 Å². The van der Waals surface area contributed by atoms with Crippen LogP contribution in [0.1, 0.15) is 10.4 Å². The van der Waals surface area contributed by atoms with Crippen molar-refractivity contribution < 1.29 is 19.7 Å². The minimum atomic E-state index is -0.408. The quantitative estimate of drug-likeness (QED) is 0.624. The number of aliphatic hydroxyl groups is 1. The smallest absolute Gasteiger partial charge is 0.308 e. The lowest BCUT2D eigenvalue weighted by Crippen LogP contribution is -2.53. The first-order valence-corrected chi connectivity index (χ1v) is 5.41. The van der Waals surface area contributed by atoms with Gasteiger partial charge in [-0.05, 0) is 23.7 Å². The number of amides is 1. The van der Waals surface area contributed by atoms with Gasteiger partial charge in [0.1, 0.15) is 5.75 Å². The van der Waals surface area contributed by atoms with Crippen molar-refractivity contribution in [2.24, 2.45) is 0 Å². The van der Waals surface area contributed by atoms with Gasteiger partial charge in [0, 0.05) is 18.7 Å². The van der Waals surface area contributed by atoms with E-state index in [1.54, 1.807) is 23.1 Å². The number of methoxy groups -OCH3 is 1. The van der Waals surface area contributed by atoms with E-state index in [0.29, 0.717) is 29.9 Å². The summed E-state index contributed by atoms with van der Waals surface area (Å²) < 4.78 is 5.06. The molecule has 2 rings (SSSR count). The Bertz CT molecular complexity index is 431. The molecule has 0 aromatic heterocycles. The van der Waals surface area contributed by atoms with E-state index in [2.05, 4.69) is 0 Å². The molecule has 0 spiro atoms. The van der Waals surface area contributed by atoms with Gasteiger partial charge < -0.3 is 19.8 Å². The molecule has 1 aliphatic heterocycles. The van der Waals surface area contributed by atoms with Crippen molar-refractivity contribution in [3.63, 3.8) is 0 Å². The molecule has 2 N–H and O–H groups in total. The van der Waals surface area contributed by atoms with Crippen LogP contribution in [-0.4, -0.2) is 54.7 Å². The predicted molar refractivity (Wildman–Crippen MR) is 63.9 cm³/mol. The molecule has 1 aromatic rings. The first-order chi connectivity index (χ1) is 8.15. The van der Waals surface area contributed by atoms with Crippen molar-refractivity contribution >= 4 is 18.9 Å². The molecular formula is C11H14BNO4. The molecule has 0 saturated carbocycles. The second kappa shape index (κ2) is 4.77. The van der Waals surface area contributed by atoms with E-state index in [1.165, 1.54) is 7.11 Å². The van der Waals surface area contributed by atoms with E-state index in [0.717, 1.165) is 0 Å². The number of rotatable bonds is 3. The van der Waals surface area contributed by atoms with E-state index >= 15 is 0 Å². The molecule has 0 bridgehead atoms. The van der Waals surface area contributed by atoms with Crippen molar-refractivity contribution in [3.8, 4) is 5.75 Å². The van der Waals surface area contributed by atoms with Gasteiger partial charge in [0.15, 0.2) is 0 Å². The standard InChI is InChI=1S/C11H14BNO4/c1-17-10-3-2-7(4-9(10)12-16)11(15)13-5-8(14)6-13/h2-4,8,12,14,16H,5-6H2,1H3. The SMILES string of the molecule is COc1ccc(C(=O)N2CC(O)C2)cc1BO. The molecule has 1 fully saturated rings. The highest BCUT2D eigenvalue weighted by Gasteiger charge is 2.29. The van der Waals surface area contributed by atoms with E-state index in [9.17, 15) is 4.79 Å². The lowest BCUT2D eigenvalue weighted by Gasteiger charge is -2.35. The minimum absolute atomic E-state index is 0.132. The molecule has 17 heavy (non-hydrogen) atoms. The summed E-state index contributed by atoms with van der Waals surface area (Å²) in [4.78, 5) is 13.5. The molecule has 0 aliphatic carbocycles. The summed E-state index contributed by atoms with van der Waals surface area (Å²) in [7, 11) is 1.34. The highest BCUT2D eigenvalue weighted by Crippen LogP contribution is 2.15. The largest absolute Gasteiger partial charge is 0.497 e. The third-order valence-electron chi connectivity index (χ3n) is 2.85. The maximum absolute atomic E-state index is 11.9. The van der Waals surface area contributed by atoms with Crippen LogP contribution in [0, 0.1) is 0 Å². The summed E-state index contributed by atoms with van der Waals surface area (Å²) >= 11 is 0. The van der Waals surface area contributed by atoms with Crippen LogP contribution < -0.4 is 10.2 Å². The van der Waals surface area contributed by atoms with Crippen molar-refractivity contribution in [2.75, 3.05) is 20.2 Å². The van der Waals surface area contributed by atoms with Crippen LogP contribution in [0.25, 0.3) is 0 Å². The molecule has 90 valence electrons. The summed E-state index contributed by atoms with van der Waals surface area (Å²) in [6.45, 7) is 0.749. The second-order valence-electron chi connectivity index (χ2n) is 4.05. The second-order valence-corrected chi connectivity index (χ2v) is 4.05. The summed E-state index contributed by atoms with van der Waals surface area (Å²) in [5, 5.41) is 18.3. The normalized spacial score (nSPS) is 15.4. The zero-order valence-electron chi connectivity index (χ0n) is 9.59. The fourth-order valence-corrected chi connectivity index (χ4v) is 1.84. The topological polar surface area (TPSA) is 70.0 Å². The molecular weight excluding hydrogens is 221 g/mol. The summed E-state index contributed by atoms with van der Waals surface area (Å²) in [5.41, 5.74) is 1.08. The van der Waals surface area contributed by atoms with Gasteiger partial charge in [0.25, 0.3) is 5.91 Å². The van der Waals surface area contributed by atoms with Gasteiger partial charge in [-0.3, -0.25) is 4.79 Å². The van der Waals surface area contributed by atoms with E-state index < -0.39 is 6.10 Å². The number of ether oxygens (including phenoxy) is 1. The molecule has 1 saturated heterocycles. The predicted octanol–water partition coefficient (Wildman–Crippen LogP) is -1.52. The van der Waals surface area contributed by atoms with Gasteiger partial charge in [-0.25, -0.2) is 0 Å². The number of carbonyl (C=O) groups excluding carboxylic acids is 1. The molecule has 0 atom stereocenters. The lowest BCUT2D eigenvalue weighted by atomic mass is 9.86. The van der Waals surface area contributed by atoms with E-state index in [1.807, 2.05) is 0 Å². The van der Waals surface area contributed by atoms with Gasteiger partial charge in [0.2, 0.25) is 0 Å². The molecule has 1 amide bonds. The zero-order valence-corrected chi connectivity index (χ0v) is 9.59. The fourth-order valence-electron chi connectivity index (χ4n) is 1.84. The Kier molecular flexibility index (Phi) is 3.35. The minimum Gasteiger partial charge on any atom is -0.497 e. The van der Waals surface area contributed by atoms with Gasteiger partial charge >= 0.3 is 7.48 Å². The maximum atomic E-state index is 11.9. The van der Waals surface area contributed by atoms with Crippen LogP contribution >= 0.6 is 0 Å². The molecule has 1 heterocycles.